The second-order valence-corrected chi connectivity index (χ2v) is 6.24. The average Bonchev–Trinajstić information content (AvgIpc) is 2.72. The van der Waals surface area contributed by atoms with Gasteiger partial charge in [-0.3, -0.25) is 14.6 Å². The minimum absolute atomic E-state index is 0.148. The lowest BCUT2D eigenvalue weighted by Crippen LogP contribution is -2.22. The Morgan fingerprint density at radius 3 is 2.36 bits per heavy atom. The number of anilines is 1. The van der Waals surface area contributed by atoms with E-state index in [1.165, 1.54) is 6.92 Å². The fourth-order valence-electron chi connectivity index (χ4n) is 2.55. The Balaban J connectivity index is 1.48. The van der Waals surface area contributed by atoms with Crippen molar-refractivity contribution < 1.29 is 14.3 Å². The first-order valence-electron chi connectivity index (χ1n) is 8.86. The molecule has 0 unspecified atom stereocenters. The third kappa shape index (κ3) is 5.67. The average molecular weight is 375 g/mol. The van der Waals surface area contributed by atoms with Gasteiger partial charge >= 0.3 is 0 Å². The summed E-state index contributed by atoms with van der Waals surface area (Å²) in [6.45, 7) is 2.31. The monoisotopic (exact) mass is 375 g/mol. The van der Waals surface area contributed by atoms with E-state index in [1.54, 1.807) is 36.7 Å². The topological polar surface area (TPSA) is 80.3 Å². The van der Waals surface area contributed by atoms with Crippen LogP contribution in [0.2, 0.25) is 0 Å². The SMILES string of the molecule is CC(=O)Nc1ccc(C(=O)NCc2ccc(OCc3cccnc3)cc2)cc1. The van der Waals surface area contributed by atoms with Crippen molar-refractivity contribution in [2.75, 3.05) is 5.32 Å². The highest BCUT2D eigenvalue weighted by molar-refractivity contribution is 5.95. The summed E-state index contributed by atoms with van der Waals surface area (Å²) in [5.74, 6) is 0.434. The lowest BCUT2D eigenvalue weighted by molar-refractivity contribution is -0.114. The molecule has 0 spiro atoms. The van der Waals surface area contributed by atoms with Crippen molar-refractivity contribution in [1.29, 1.82) is 0 Å². The molecule has 2 amide bonds. The Bertz CT molecular complexity index is 924. The molecule has 142 valence electrons. The second kappa shape index (κ2) is 9.32. The Hall–Kier alpha value is -3.67. The number of nitrogens with zero attached hydrogens (tertiary/aromatic N) is 1. The smallest absolute Gasteiger partial charge is 0.251 e. The predicted octanol–water partition coefficient (Wildman–Crippen LogP) is 3.55. The molecule has 0 saturated carbocycles. The molecule has 0 aliphatic heterocycles. The first-order valence-corrected chi connectivity index (χ1v) is 8.86. The van der Waals surface area contributed by atoms with Crippen LogP contribution in [0.1, 0.15) is 28.4 Å². The maximum absolute atomic E-state index is 12.2. The van der Waals surface area contributed by atoms with E-state index in [2.05, 4.69) is 15.6 Å². The number of benzene rings is 2. The molecule has 1 heterocycles. The lowest BCUT2D eigenvalue weighted by atomic mass is 10.1. The summed E-state index contributed by atoms with van der Waals surface area (Å²) in [4.78, 5) is 27.3. The van der Waals surface area contributed by atoms with Crippen molar-refractivity contribution in [3.63, 3.8) is 0 Å². The highest BCUT2D eigenvalue weighted by atomic mass is 16.5. The van der Waals surface area contributed by atoms with Gasteiger partial charge in [-0.25, -0.2) is 0 Å². The van der Waals surface area contributed by atoms with E-state index in [0.29, 0.717) is 24.4 Å². The summed E-state index contributed by atoms with van der Waals surface area (Å²) in [7, 11) is 0. The largest absolute Gasteiger partial charge is 0.489 e. The van der Waals surface area contributed by atoms with Gasteiger partial charge in [0.15, 0.2) is 0 Å². The molecule has 0 fully saturated rings. The Morgan fingerprint density at radius 2 is 1.71 bits per heavy atom. The van der Waals surface area contributed by atoms with Crippen molar-refractivity contribution >= 4 is 17.5 Å². The fraction of sp³-hybridized carbons (Fsp3) is 0.136. The zero-order valence-corrected chi connectivity index (χ0v) is 15.5. The first kappa shape index (κ1) is 19.1. The van der Waals surface area contributed by atoms with Crippen LogP contribution in [0.3, 0.4) is 0 Å². The number of hydrogen-bond acceptors (Lipinski definition) is 4. The quantitative estimate of drug-likeness (QED) is 0.662. The van der Waals surface area contributed by atoms with Crippen LogP contribution >= 0.6 is 0 Å². The van der Waals surface area contributed by atoms with Gasteiger partial charge < -0.3 is 15.4 Å². The third-order valence-electron chi connectivity index (χ3n) is 3.97. The normalized spacial score (nSPS) is 10.2. The molecule has 28 heavy (non-hydrogen) atoms. The molecular weight excluding hydrogens is 354 g/mol. The molecule has 0 aliphatic rings. The van der Waals surface area contributed by atoms with Gasteiger partial charge in [0.05, 0.1) is 0 Å². The van der Waals surface area contributed by atoms with Gasteiger partial charge in [-0.05, 0) is 48.0 Å². The van der Waals surface area contributed by atoms with Crippen LogP contribution in [0.4, 0.5) is 5.69 Å². The molecule has 0 saturated heterocycles. The van der Waals surface area contributed by atoms with Crippen LogP contribution in [0.5, 0.6) is 5.75 Å². The van der Waals surface area contributed by atoms with Gasteiger partial charge in [0, 0.05) is 42.7 Å². The fourth-order valence-corrected chi connectivity index (χ4v) is 2.55. The number of pyridine rings is 1. The number of carbonyl (C=O) groups excluding carboxylic acids is 2. The van der Waals surface area contributed by atoms with Crippen LogP contribution in [-0.2, 0) is 17.9 Å². The van der Waals surface area contributed by atoms with Crippen LogP contribution in [0.15, 0.2) is 73.1 Å². The van der Waals surface area contributed by atoms with Crippen molar-refractivity contribution in [1.82, 2.24) is 10.3 Å². The summed E-state index contributed by atoms with van der Waals surface area (Å²) in [5, 5.41) is 5.55. The molecule has 0 aliphatic carbocycles. The molecule has 0 atom stereocenters. The molecule has 0 radical (unpaired) electrons. The van der Waals surface area contributed by atoms with Crippen LogP contribution < -0.4 is 15.4 Å². The van der Waals surface area contributed by atoms with E-state index in [0.717, 1.165) is 16.9 Å². The zero-order chi connectivity index (χ0) is 19.8. The molecule has 3 aromatic rings. The van der Waals surface area contributed by atoms with Gasteiger partial charge in [0.25, 0.3) is 5.91 Å². The molecule has 0 bridgehead atoms. The van der Waals surface area contributed by atoms with Crippen molar-refractivity contribution in [3.05, 3.63) is 89.7 Å². The number of nitrogens with one attached hydrogen (secondary N) is 2. The number of hydrogen-bond donors (Lipinski definition) is 2. The Labute approximate surface area is 163 Å². The van der Waals surface area contributed by atoms with Crippen LogP contribution in [-0.4, -0.2) is 16.8 Å². The molecule has 2 N–H and O–H groups in total. The van der Waals surface area contributed by atoms with E-state index in [1.807, 2.05) is 36.4 Å². The second-order valence-electron chi connectivity index (χ2n) is 6.24. The summed E-state index contributed by atoms with van der Waals surface area (Å²) in [6, 6.07) is 18.2. The van der Waals surface area contributed by atoms with E-state index in [9.17, 15) is 9.59 Å². The summed E-state index contributed by atoms with van der Waals surface area (Å²) < 4.78 is 5.72. The first-order chi connectivity index (χ1) is 13.6. The Kier molecular flexibility index (Phi) is 6.36. The predicted molar refractivity (Wildman–Crippen MR) is 107 cm³/mol. The van der Waals surface area contributed by atoms with Crippen molar-refractivity contribution in [2.24, 2.45) is 0 Å². The molecular formula is C22H21N3O3. The maximum Gasteiger partial charge on any atom is 0.251 e. The Morgan fingerprint density at radius 1 is 0.964 bits per heavy atom. The van der Waals surface area contributed by atoms with Crippen LogP contribution in [0.25, 0.3) is 0 Å². The summed E-state index contributed by atoms with van der Waals surface area (Å²) in [5.41, 5.74) is 3.16. The summed E-state index contributed by atoms with van der Waals surface area (Å²) >= 11 is 0. The van der Waals surface area contributed by atoms with Crippen molar-refractivity contribution in [3.8, 4) is 5.75 Å². The standard InChI is InChI=1S/C22H21N3O3/c1-16(26)25-20-8-6-19(7-9-20)22(27)24-14-17-4-10-21(11-5-17)28-15-18-3-2-12-23-13-18/h2-13H,14-15H2,1H3,(H,24,27)(H,25,26). The van der Waals surface area contributed by atoms with Gasteiger partial charge in [-0.2, -0.15) is 0 Å². The number of carbonyl (C=O) groups is 2. The lowest BCUT2D eigenvalue weighted by Gasteiger charge is -2.09. The molecule has 1 aromatic heterocycles. The van der Waals surface area contributed by atoms with Gasteiger partial charge in [-0.15, -0.1) is 0 Å². The number of aromatic nitrogens is 1. The molecule has 2 aromatic carbocycles. The van der Waals surface area contributed by atoms with E-state index < -0.39 is 0 Å². The van der Waals surface area contributed by atoms with Crippen LogP contribution in [0, 0.1) is 0 Å². The maximum atomic E-state index is 12.2. The van der Waals surface area contributed by atoms with Gasteiger partial charge in [0.1, 0.15) is 12.4 Å². The molecule has 6 heteroatoms. The van der Waals surface area contributed by atoms with E-state index >= 15 is 0 Å². The van der Waals surface area contributed by atoms with Gasteiger partial charge in [0.2, 0.25) is 5.91 Å². The number of amides is 2. The molecule has 3 rings (SSSR count). The number of rotatable bonds is 7. The number of ether oxygens (including phenoxy) is 1. The molecule has 6 nitrogen and oxygen atoms in total. The van der Waals surface area contributed by atoms with Gasteiger partial charge in [-0.1, -0.05) is 18.2 Å². The van der Waals surface area contributed by atoms with E-state index in [4.69, 9.17) is 4.74 Å². The minimum Gasteiger partial charge on any atom is -0.489 e. The minimum atomic E-state index is -0.175. The third-order valence-corrected chi connectivity index (χ3v) is 3.97. The van der Waals surface area contributed by atoms with Crippen molar-refractivity contribution in [2.45, 2.75) is 20.1 Å². The summed E-state index contributed by atoms with van der Waals surface area (Å²) in [6.07, 6.45) is 3.50. The highest BCUT2D eigenvalue weighted by Gasteiger charge is 2.06. The van der Waals surface area contributed by atoms with E-state index in [-0.39, 0.29) is 11.8 Å². The highest BCUT2D eigenvalue weighted by Crippen LogP contribution is 2.14. The zero-order valence-electron chi connectivity index (χ0n) is 15.5.